The molecule has 1 atom stereocenters. The van der Waals surface area contributed by atoms with Crippen LogP contribution in [0.2, 0.25) is 5.28 Å². The fourth-order valence-corrected chi connectivity index (χ4v) is 3.57. The quantitative estimate of drug-likeness (QED) is 0.758. The Balaban J connectivity index is 2.04. The lowest BCUT2D eigenvalue weighted by atomic mass is 10.2. The third-order valence-corrected chi connectivity index (χ3v) is 4.84. The molecular formula is C13H17ClN4S. The van der Waals surface area contributed by atoms with Gasteiger partial charge in [0.05, 0.1) is 5.39 Å². The predicted octanol–water partition coefficient (Wildman–Crippen LogP) is 2.79. The summed E-state index contributed by atoms with van der Waals surface area (Å²) in [5, 5.41) is 1.47. The van der Waals surface area contributed by atoms with Crippen molar-refractivity contribution in [1.29, 1.82) is 0 Å². The summed E-state index contributed by atoms with van der Waals surface area (Å²) in [7, 11) is 2.17. The molecule has 0 saturated carbocycles. The maximum atomic E-state index is 6.06. The average Bonchev–Trinajstić information content (AvgIpc) is 2.72. The first-order chi connectivity index (χ1) is 9.04. The second-order valence-corrected chi connectivity index (χ2v) is 6.74. The van der Waals surface area contributed by atoms with E-state index < -0.39 is 0 Å². The highest BCUT2D eigenvalue weighted by molar-refractivity contribution is 7.18. The van der Waals surface area contributed by atoms with Crippen LogP contribution in [0.1, 0.15) is 11.8 Å². The van der Waals surface area contributed by atoms with Crippen LogP contribution in [0.3, 0.4) is 0 Å². The van der Waals surface area contributed by atoms with Gasteiger partial charge in [0.1, 0.15) is 10.6 Å². The monoisotopic (exact) mass is 296 g/mol. The van der Waals surface area contributed by atoms with Crippen LogP contribution >= 0.6 is 22.9 Å². The summed E-state index contributed by atoms with van der Waals surface area (Å²) in [5.41, 5.74) is 0. The van der Waals surface area contributed by atoms with E-state index in [1.165, 1.54) is 4.88 Å². The van der Waals surface area contributed by atoms with Crippen molar-refractivity contribution in [2.24, 2.45) is 0 Å². The first-order valence-corrected chi connectivity index (χ1v) is 7.63. The molecule has 0 aromatic carbocycles. The molecule has 2 aromatic heterocycles. The van der Waals surface area contributed by atoms with Gasteiger partial charge in [-0.2, -0.15) is 4.98 Å². The number of thiophene rings is 1. The molecule has 1 saturated heterocycles. The summed E-state index contributed by atoms with van der Waals surface area (Å²) in [5.74, 6) is 0.985. The maximum Gasteiger partial charge on any atom is 0.225 e. The molecule has 102 valence electrons. The third-order valence-electron chi connectivity index (χ3n) is 3.73. The number of aromatic nitrogens is 2. The molecule has 1 aliphatic heterocycles. The van der Waals surface area contributed by atoms with Gasteiger partial charge in [0.15, 0.2) is 0 Å². The van der Waals surface area contributed by atoms with Gasteiger partial charge < -0.3 is 9.80 Å². The van der Waals surface area contributed by atoms with Crippen molar-refractivity contribution >= 4 is 39.0 Å². The second-order valence-electron chi connectivity index (χ2n) is 5.17. The lowest BCUT2D eigenvalue weighted by molar-refractivity contribution is 0.233. The fraction of sp³-hybridized carbons (Fsp3) is 0.538. The summed E-state index contributed by atoms with van der Waals surface area (Å²) in [6.45, 7) is 7.35. The first kappa shape index (κ1) is 13.1. The van der Waals surface area contributed by atoms with Crippen molar-refractivity contribution in [3.05, 3.63) is 16.2 Å². The van der Waals surface area contributed by atoms with Crippen LogP contribution in [-0.2, 0) is 0 Å². The highest BCUT2D eigenvalue weighted by atomic mass is 35.5. The van der Waals surface area contributed by atoms with E-state index in [0.29, 0.717) is 11.3 Å². The largest absolute Gasteiger partial charge is 0.353 e. The Morgan fingerprint density at radius 1 is 1.37 bits per heavy atom. The maximum absolute atomic E-state index is 6.06. The predicted molar refractivity (Wildman–Crippen MR) is 81.5 cm³/mol. The zero-order valence-corrected chi connectivity index (χ0v) is 12.9. The summed E-state index contributed by atoms with van der Waals surface area (Å²) < 4.78 is 0. The molecule has 19 heavy (non-hydrogen) atoms. The molecule has 0 bridgehead atoms. The normalized spacial score (nSPS) is 21.3. The molecule has 2 aromatic rings. The zero-order valence-electron chi connectivity index (χ0n) is 11.4. The lowest BCUT2D eigenvalue weighted by Gasteiger charge is -2.38. The summed E-state index contributed by atoms with van der Waals surface area (Å²) in [4.78, 5) is 15.7. The van der Waals surface area contributed by atoms with Gasteiger partial charge in [0, 0.05) is 30.6 Å². The number of piperazine rings is 1. The number of anilines is 1. The minimum absolute atomic E-state index is 0.343. The smallest absolute Gasteiger partial charge is 0.225 e. The topological polar surface area (TPSA) is 32.3 Å². The van der Waals surface area contributed by atoms with E-state index in [2.05, 4.69) is 46.7 Å². The van der Waals surface area contributed by atoms with Crippen molar-refractivity contribution in [1.82, 2.24) is 14.9 Å². The van der Waals surface area contributed by atoms with E-state index in [-0.39, 0.29) is 0 Å². The van der Waals surface area contributed by atoms with Gasteiger partial charge in [-0.15, -0.1) is 11.3 Å². The zero-order chi connectivity index (χ0) is 13.6. The Kier molecular flexibility index (Phi) is 3.37. The van der Waals surface area contributed by atoms with E-state index in [0.717, 1.165) is 35.7 Å². The summed E-state index contributed by atoms with van der Waals surface area (Å²) in [6, 6.07) is 2.69. The molecule has 1 aliphatic rings. The van der Waals surface area contributed by atoms with Crippen molar-refractivity contribution in [3.63, 3.8) is 0 Å². The van der Waals surface area contributed by atoms with Crippen molar-refractivity contribution < 1.29 is 0 Å². The Labute approximate surface area is 122 Å². The van der Waals surface area contributed by atoms with Gasteiger partial charge >= 0.3 is 0 Å². The molecule has 0 N–H and O–H groups in total. The molecule has 1 unspecified atom stereocenters. The number of halogens is 1. The number of aryl methyl sites for hydroxylation is 1. The molecule has 3 rings (SSSR count). The molecule has 0 aliphatic carbocycles. The van der Waals surface area contributed by atoms with Crippen LogP contribution in [0.15, 0.2) is 6.07 Å². The summed E-state index contributed by atoms with van der Waals surface area (Å²) >= 11 is 7.74. The first-order valence-electron chi connectivity index (χ1n) is 6.43. The molecule has 3 heterocycles. The SMILES string of the molecule is Cc1cc2c(N3CCN(C)C(C)C3)nc(Cl)nc2s1. The highest BCUT2D eigenvalue weighted by Crippen LogP contribution is 2.32. The van der Waals surface area contributed by atoms with E-state index in [4.69, 9.17) is 11.6 Å². The third kappa shape index (κ3) is 2.42. The molecule has 0 radical (unpaired) electrons. The number of hydrogen-bond donors (Lipinski definition) is 0. The van der Waals surface area contributed by atoms with Crippen LogP contribution < -0.4 is 4.90 Å². The van der Waals surface area contributed by atoms with E-state index >= 15 is 0 Å². The lowest BCUT2D eigenvalue weighted by Crippen LogP contribution is -2.50. The second kappa shape index (κ2) is 4.89. The Morgan fingerprint density at radius 3 is 2.89 bits per heavy atom. The Bertz CT molecular complexity index is 612. The average molecular weight is 297 g/mol. The van der Waals surface area contributed by atoms with Crippen molar-refractivity contribution in [3.8, 4) is 0 Å². The highest BCUT2D eigenvalue weighted by Gasteiger charge is 2.24. The van der Waals surface area contributed by atoms with Gasteiger partial charge in [-0.05, 0) is 38.6 Å². The fourth-order valence-electron chi connectivity index (χ4n) is 2.48. The molecule has 0 amide bonds. The van der Waals surface area contributed by atoms with Crippen molar-refractivity contribution in [2.45, 2.75) is 19.9 Å². The molecule has 0 spiro atoms. The number of fused-ring (bicyclic) bond motifs is 1. The van der Waals surface area contributed by atoms with Gasteiger partial charge in [-0.3, -0.25) is 0 Å². The van der Waals surface area contributed by atoms with Crippen LogP contribution in [0.4, 0.5) is 5.82 Å². The van der Waals surface area contributed by atoms with E-state index in [9.17, 15) is 0 Å². The Hall–Kier alpha value is -0.910. The molecule has 4 nitrogen and oxygen atoms in total. The standard InChI is InChI=1S/C13H17ClN4S/c1-8-7-18(5-4-17(8)3)11-10-6-9(2)19-12(10)16-13(14)15-11/h6,8H,4-5,7H2,1-3H3. The van der Waals surface area contributed by atoms with Crippen LogP contribution in [0, 0.1) is 6.92 Å². The van der Waals surface area contributed by atoms with E-state index in [1.54, 1.807) is 11.3 Å². The number of likely N-dealkylation sites (N-methyl/N-ethyl adjacent to an activating group) is 1. The van der Waals surface area contributed by atoms with Gasteiger partial charge in [0.25, 0.3) is 0 Å². The number of rotatable bonds is 1. The molecule has 6 heteroatoms. The number of nitrogens with zero attached hydrogens (tertiary/aromatic N) is 4. The van der Waals surface area contributed by atoms with Crippen molar-refractivity contribution in [2.75, 3.05) is 31.6 Å². The van der Waals surface area contributed by atoms with Crippen LogP contribution in [-0.4, -0.2) is 47.6 Å². The van der Waals surface area contributed by atoms with Crippen LogP contribution in [0.25, 0.3) is 10.2 Å². The molecule has 1 fully saturated rings. The van der Waals surface area contributed by atoms with E-state index in [1.807, 2.05) is 0 Å². The minimum atomic E-state index is 0.343. The summed E-state index contributed by atoms with van der Waals surface area (Å²) in [6.07, 6.45) is 0. The number of hydrogen-bond acceptors (Lipinski definition) is 5. The van der Waals surface area contributed by atoms with Gasteiger partial charge in [0.2, 0.25) is 5.28 Å². The Morgan fingerprint density at radius 2 is 2.16 bits per heavy atom. The van der Waals surface area contributed by atoms with Gasteiger partial charge in [-0.1, -0.05) is 0 Å². The minimum Gasteiger partial charge on any atom is -0.353 e. The molecular weight excluding hydrogens is 280 g/mol. The van der Waals surface area contributed by atoms with Crippen LogP contribution in [0.5, 0.6) is 0 Å². The van der Waals surface area contributed by atoms with Gasteiger partial charge in [-0.25, -0.2) is 4.98 Å².